The number of rotatable bonds is 7. The number of amides is 1. The molecular weight excluding hydrogens is 416 g/mol. The molecule has 5 nitrogen and oxygen atoms in total. The van der Waals surface area contributed by atoms with Gasteiger partial charge in [0, 0.05) is 12.4 Å². The zero-order chi connectivity index (χ0) is 21.8. The number of hydrogen-bond donors (Lipinski definition) is 2. The van der Waals surface area contributed by atoms with E-state index in [0.29, 0.717) is 12.8 Å². The molecule has 0 radical (unpaired) electrons. The Bertz CT molecular complexity index is 1130. The summed E-state index contributed by atoms with van der Waals surface area (Å²) in [5, 5.41) is 3.32. The Morgan fingerprint density at radius 2 is 1.75 bits per heavy atom. The highest BCUT2D eigenvalue weighted by Gasteiger charge is 2.36. The fourth-order valence-corrected chi connectivity index (χ4v) is 5.93. The second-order valence-corrected chi connectivity index (χ2v) is 9.78. The van der Waals surface area contributed by atoms with Crippen molar-refractivity contribution in [3.05, 3.63) is 90.5 Å². The van der Waals surface area contributed by atoms with Gasteiger partial charge in [0.05, 0.1) is 29.0 Å². The van der Waals surface area contributed by atoms with E-state index >= 15 is 0 Å². The van der Waals surface area contributed by atoms with Crippen LogP contribution in [0, 0.1) is 0 Å². The van der Waals surface area contributed by atoms with Gasteiger partial charge in [-0.25, -0.2) is 4.98 Å². The Labute approximate surface area is 192 Å². The molecule has 0 spiro atoms. The van der Waals surface area contributed by atoms with Crippen LogP contribution in [-0.4, -0.2) is 31.9 Å². The Kier molecular flexibility index (Phi) is 6.04. The molecule has 0 unspecified atom stereocenters. The average molecular weight is 445 g/mol. The summed E-state index contributed by atoms with van der Waals surface area (Å²) in [6.45, 7) is 0. The van der Waals surface area contributed by atoms with Crippen LogP contribution < -0.4 is 5.32 Å². The third-order valence-electron chi connectivity index (χ3n) is 6.42. The molecule has 1 atom stereocenters. The summed E-state index contributed by atoms with van der Waals surface area (Å²) in [6, 6.07) is 22.2. The quantitative estimate of drug-likeness (QED) is 0.418. The molecule has 1 aliphatic heterocycles. The smallest absolute Gasteiger partial charge is 0.222 e. The number of benzene rings is 2. The monoisotopic (exact) mass is 444 g/mol. The van der Waals surface area contributed by atoms with Gasteiger partial charge in [0.15, 0.2) is 0 Å². The van der Waals surface area contributed by atoms with Gasteiger partial charge in [-0.3, -0.25) is 4.79 Å². The summed E-state index contributed by atoms with van der Waals surface area (Å²) in [4.78, 5) is 21.7. The van der Waals surface area contributed by atoms with Crippen LogP contribution in [0.5, 0.6) is 0 Å². The van der Waals surface area contributed by atoms with E-state index in [1.807, 2.05) is 66.4 Å². The zero-order valence-corrected chi connectivity index (χ0v) is 18.9. The molecule has 0 saturated carbocycles. The molecule has 4 aromatic rings. The van der Waals surface area contributed by atoms with Crippen LogP contribution in [0.3, 0.4) is 0 Å². The summed E-state index contributed by atoms with van der Waals surface area (Å²) in [7, 11) is 0. The third-order valence-corrected chi connectivity index (χ3v) is 7.41. The predicted molar refractivity (Wildman–Crippen MR) is 131 cm³/mol. The summed E-state index contributed by atoms with van der Waals surface area (Å²) in [5.74, 6) is 3.05. The van der Waals surface area contributed by atoms with Crippen molar-refractivity contribution in [2.24, 2.45) is 0 Å². The first kappa shape index (κ1) is 20.9. The van der Waals surface area contributed by atoms with E-state index in [1.54, 1.807) is 0 Å². The van der Waals surface area contributed by atoms with Gasteiger partial charge in [0.1, 0.15) is 5.82 Å². The number of para-hydroxylation sites is 2. The van der Waals surface area contributed by atoms with Crippen molar-refractivity contribution in [2.45, 2.75) is 37.3 Å². The minimum Gasteiger partial charge on any atom is -0.348 e. The minimum atomic E-state index is -0.211. The van der Waals surface area contributed by atoms with Crippen LogP contribution in [0.1, 0.15) is 36.7 Å². The van der Waals surface area contributed by atoms with E-state index in [-0.39, 0.29) is 17.5 Å². The van der Waals surface area contributed by atoms with Gasteiger partial charge in [-0.1, -0.05) is 42.5 Å². The number of thioether (sulfide) groups is 1. The highest BCUT2D eigenvalue weighted by molar-refractivity contribution is 7.99. The van der Waals surface area contributed by atoms with Crippen molar-refractivity contribution in [3.8, 4) is 0 Å². The first-order valence-corrected chi connectivity index (χ1v) is 12.4. The minimum absolute atomic E-state index is 0.0759. The standard InChI is InChI=1S/C26H28N4OS/c31-24(19-26(12-16-32-17-13-26)30-14-6-7-15-30)27-23(18-20-8-2-1-3-9-20)25-28-21-10-4-5-11-22(21)29-25/h1-11,14-15,23H,12-13,16-19H2,(H,27,31)(H,28,29)/t23-/m1/s1. The lowest BCUT2D eigenvalue weighted by atomic mass is 9.87. The zero-order valence-electron chi connectivity index (χ0n) is 18.0. The summed E-state index contributed by atoms with van der Waals surface area (Å²) in [6.07, 6.45) is 7.39. The molecule has 2 aromatic carbocycles. The van der Waals surface area contributed by atoms with E-state index in [4.69, 9.17) is 4.98 Å². The molecule has 1 amide bonds. The van der Waals surface area contributed by atoms with Gasteiger partial charge in [0.25, 0.3) is 0 Å². The number of hydrogen-bond acceptors (Lipinski definition) is 3. The first-order valence-electron chi connectivity index (χ1n) is 11.2. The molecule has 1 saturated heterocycles. The Hall–Kier alpha value is -2.99. The largest absolute Gasteiger partial charge is 0.348 e. The number of H-pyrrole nitrogens is 1. The second kappa shape index (κ2) is 9.25. The molecule has 0 bridgehead atoms. The maximum atomic E-state index is 13.4. The van der Waals surface area contributed by atoms with Crippen LogP contribution >= 0.6 is 11.8 Å². The summed E-state index contributed by atoms with van der Waals surface area (Å²) < 4.78 is 2.25. The normalized spacial score (nSPS) is 16.6. The maximum absolute atomic E-state index is 13.4. The summed E-state index contributed by atoms with van der Waals surface area (Å²) in [5.41, 5.74) is 2.93. The molecule has 2 N–H and O–H groups in total. The molecule has 3 heterocycles. The number of aromatic amines is 1. The van der Waals surface area contributed by atoms with Gasteiger partial charge in [-0.05, 0) is 60.6 Å². The number of nitrogens with zero attached hydrogens (tertiary/aromatic N) is 2. The topological polar surface area (TPSA) is 62.7 Å². The highest BCUT2D eigenvalue weighted by atomic mass is 32.2. The lowest BCUT2D eigenvalue weighted by Crippen LogP contribution is -2.43. The van der Waals surface area contributed by atoms with E-state index in [9.17, 15) is 4.79 Å². The number of nitrogens with one attached hydrogen (secondary N) is 2. The number of carbonyl (C=O) groups is 1. The van der Waals surface area contributed by atoms with Crippen LogP contribution in [0.25, 0.3) is 11.0 Å². The Morgan fingerprint density at radius 3 is 2.50 bits per heavy atom. The lowest BCUT2D eigenvalue weighted by Gasteiger charge is -2.38. The van der Waals surface area contributed by atoms with E-state index in [2.05, 4.69) is 39.4 Å². The van der Waals surface area contributed by atoms with Gasteiger partial charge in [0.2, 0.25) is 5.91 Å². The second-order valence-electron chi connectivity index (χ2n) is 8.55. The third kappa shape index (κ3) is 4.46. The number of aromatic nitrogens is 3. The maximum Gasteiger partial charge on any atom is 0.222 e. The van der Waals surface area contributed by atoms with Crippen LogP contribution in [-0.2, 0) is 16.8 Å². The molecule has 5 rings (SSSR count). The van der Waals surface area contributed by atoms with Crippen molar-refractivity contribution >= 4 is 28.7 Å². The molecule has 1 fully saturated rings. The van der Waals surface area contributed by atoms with Crippen LogP contribution in [0.15, 0.2) is 79.1 Å². The van der Waals surface area contributed by atoms with E-state index < -0.39 is 0 Å². The average Bonchev–Trinajstić information content (AvgIpc) is 3.50. The molecule has 6 heteroatoms. The highest BCUT2D eigenvalue weighted by Crippen LogP contribution is 2.37. The van der Waals surface area contributed by atoms with Crippen LogP contribution in [0.2, 0.25) is 0 Å². The fourth-order valence-electron chi connectivity index (χ4n) is 4.68. The number of imidazole rings is 1. The molecular formula is C26H28N4OS. The molecule has 164 valence electrons. The molecule has 32 heavy (non-hydrogen) atoms. The van der Waals surface area contributed by atoms with Crippen molar-refractivity contribution in [2.75, 3.05) is 11.5 Å². The number of fused-ring (bicyclic) bond motifs is 1. The van der Waals surface area contributed by atoms with Gasteiger partial charge in [-0.15, -0.1) is 0 Å². The lowest BCUT2D eigenvalue weighted by molar-refractivity contribution is -0.124. The van der Waals surface area contributed by atoms with Crippen LogP contribution in [0.4, 0.5) is 0 Å². The predicted octanol–water partition coefficient (Wildman–Crippen LogP) is 5.08. The van der Waals surface area contributed by atoms with E-state index in [0.717, 1.165) is 41.2 Å². The van der Waals surface area contributed by atoms with Gasteiger partial charge < -0.3 is 14.9 Å². The fraction of sp³-hybridized carbons (Fsp3) is 0.308. The van der Waals surface area contributed by atoms with E-state index in [1.165, 1.54) is 5.56 Å². The van der Waals surface area contributed by atoms with Gasteiger partial charge >= 0.3 is 0 Å². The molecule has 1 aliphatic rings. The van der Waals surface area contributed by atoms with Gasteiger partial charge in [-0.2, -0.15) is 11.8 Å². The van der Waals surface area contributed by atoms with Crippen molar-refractivity contribution in [1.29, 1.82) is 0 Å². The first-order chi connectivity index (χ1) is 15.7. The molecule has 0 aliphatic carbocycles. The Balaban J connectivity index is 1.40. The van der Waals surface area contributed by atoms with Crippen molar-refractivity contribution < 1.29 is 4.79 Å². The van der Waals surface area contributed by atoms with Crippen molar-refractivity contribution in [3.63, 3.8) is 0 Å². The molecule has 2 aromatic heterocycles. The number of carbonyl (C=O) groups excluding carboxylic acids is 1. The SMILES string of the molecule is O=C(CC1(n2cccc2)CCSCC1)N[C@H](Cc1ccccc1)c1nc2ccccc2[nH]1. The van der Waals surface area contributed by atoms with Crippen molar-refractivity contribution in [1.82, 2.24) is 19.9 Å². The summed E-state index contributed by atoms with van der Waals surface area (Å²) >= 11 is 1.98. The Morgan fingerprint density at radius 1 is 1.03 bits per heavy atom.